The number of carbonyl (C=O) groups excluding carboxylic acids is 1. The Morgan fingerprint density at radius 2 is 1.85 bits per heavy atom. The van der Waals surface area contributed by atoms with Gasteiger partial charge in [-0.1, -0.05) is 0 Å². The minimum absolute atomic E-state index is 0.00871. The van der Waals surface area contributed by atoms with Crippen LogP contribution in [-0.2, 0) is 9.63 Å². The maximum atomic E-state index is 11.5. The Bertz CT molecular complexity index is 588. The number of hydrogen-bond donors (Lipinski definition) is 2. The van der Waals surface area contributed by atoms with E-state index in [1.165, 1.54) is 17.2 Å². The summed E-state index contributed by atoms with van der Waals surface area (Å²) in [4.78, 5) is 26.8. The molecule has 0 aromatic heterocycles. The van der Waals surface area contributed by atoms with Crippen molar-refractivity contribution in [2.24, 2.45) is 0 Å². The summed E-state index contributed by atoms with van der Waals surface area (Å²) in [5, 5.41) is 18.3. The zero-order valence-electron chi connectivity index (χ0n) is 10.5. The lowest BCUT2D eigenvalue weighted by Gasteiger charge is -2.18. The number of carbonyl (C=O) groups is 1. The lowest BCUT2D eigenvalue weighted by molar-refractivity contribution is -0.384. The number of anilines is 1. The van der Waals surface area contributed by atoms with Crippen LogP contribution in [0.4, 0.5) is 11.4 Å². The fourth-order valence-electron chi connectivity index (χ4n) is 2.15. The molecule has 2 heterocycles. The highest BCUT2D eigenvalue weighted by molar-refractivity contribution is 5.80. The number of nitrogens with one attached hydrogen (secondary N) is 2. The van der Waals surface area contributed by atoms with E-state index in [-0.39, 0.29) is 18.1 Å². The molecule has 0 radical (unpaired) electrons. The fourth-order valence-corrected chi connectivity index (χ4v) is 2.15. The Hall–Kier alpha value is -2.77. The van der Waals surface area contributed by atoms with E-state index in [1.54, 1.807) is 12.1 Å². The summed E-state index contributed by atoms with van der Waals surface area (Å²) in [7, 11) is 0. The molecule has 0 spiro atoms. The largest absolute Gasteiger partial charge is 0.369 e. The molecule has 0 amide bonds. The van der Waals surface area contributed by atoms with Crippen molar-refractivity contribution in [3.63, 3.8) is 0 Å². The van der Waals surface area contributed by atoms with Crippen molar-refractivity contribution in [2.75, 3.05) is 18.2 Å². The predicted molar refractivity (Wildman–Crippen MR) is 69.3 cm³/mol. The monoisotopic (exact) mass is 276 g/mol. The van der Waals surface area contributed by atoms with Crippen LogP contribution in [0.2, 0.25) is 0 Å². The van der Waals surface area contributed by atoms with Crippen LogP contribution in [-0.4, -0.2) is 24.0 Å². The molecule has 0 bridgehead atoms. The molecule has 8 nitrogen and oxygen atoms in total. The molecule has 104 valence electrons. The van der Waals surface area contributed by atoms with Crippen LogP contribution in [0.1, 0.15) is 6.42 Å². The van der Waals surface area contributed by atoms with Crippen molar-refractivity contribution >= 4 is 17.3 Å². The van der Waals surface area contributed by atoms with Gasteiger partial charge in [0.1, 0.15) is 11.5 Å². The number of non-ortho nitro benzene ring substituents is 1. The molecule has 2 aliphatic rings. The van der Waals surface area contributed by atoms with Crippen LogP contribution >= 0.6 is 0 Å². The lowest BCUT2D eigenvalue weighted by Crippen LogP contribution is -2.23. The first kappa shape index (κ1) is 12.3. The van der Waals surface area contributed by atoms with E-state index in [9.17, 15) is 14.9 Å². The molecular weight excluding hydrogens is 264 g/mol. The highest BCUT2D eigenvalue weighted by Gasteiger charge is 2.32. The van der Waals surface area contributed by atoms with Crippen molar-refractivity contribution in [2.45, 2.75) is 6.42 Å². The summed E-state index contributed by atoms with van der Waals surface area (Å²) in [6, 6.07) is 5.84. The number of benzene rings is 1. The molecule has 3 rings (SSSR count). The van der Waals surface area contributed by atoms with Gasteiger partial charge >= 0.3 is 5.97 Å². The van der Waals surface area contributed by atoms with E-state index < -0.39 is 4.92 Å². The van der Waals surface area contributed by atoms with Crippen LogP contribution in [0.3, 0.4) is 0 Å². The predicted octanol–water partition coefficient (Wildman–Crippen LogP) is 0.625. The SMILES string of the molecule is O=C1CC(=C2NCCN2)N(c2ccc([N+](=O)[O-])cc2)O1. The van der Waals surface area contributed by atoms with E-state index in [1.807, 2.05) is 0 Å². The molecule has 0 unspecified atom stereocenters. The molecule has 20 heavy (non-hydrogen) atoms. The Labute approximate surface area is 114 Å². The Kier molecular flexibility index (Phi) is 2.90. The molecule has 0 saturated carbocycles. The zero-order valence-corrected chi connectivity index (χ0v) is 10.5. The van der Waals surface area contributed by atoms with Gasteiger partial charge in [0.15, 0.2) is 0 Å². The topological polar surface area (TPSA) is 96.7 Å². The fraction of sp³-hybridized carbons (Fsp3) is 0.250. The van der Waals surface area contributed by atoms with Crippen LogP contribution in [0.25, 0.3) is 0 Å². The smallest absolute Gasteiger partial charge is 0.339 e. The van der Waals surface area contributed by atoms with Gasteiger partial charge in [0.05, 0.1) is 17.0 Å². The molecule has 0 atom stereocenters. The van der Waals surface area contributed by atoms with Crippen LogP contribution in [0, 0.1) is 10.1 Å². The molecule has 2 aliphatic heterocycles. The van der Waals surface area contributed by atoms with Crippen molar-refractivity contribution in [1.82, 2.24) is 10.6 Å². The molecule has 2 N–H and O–H groups in total. The van der Waals surface area contributed by atoms with Crippen LogP contribution in [0.15, 0.2) is 35.8 Å². The molecule has 8 heteroatoms. The van der Waals surface area contributed by atoms with E-state index in [4.69, 9.17) is 4.84 Å². The van der Waals surface area contributed by atoms with Gasteiger partial charge in [0, 0.05) is 25.2 Å². The van der Waals surface area contributed by atoms with E-state index in [0.717, 1.165) is 18.9 Å². The second-order valence-electron chi connectivity index (χ2n) is 4.38. The summed E-state index contributed by atoms with van der Waals surface area (Å²) in [5.41, 5.74) is 1.24. The average Bonchev–Trinajstić information content (AvgIpc) is 3.07. The van der Waals surface area contributed by atoms with Crippen molar-refractivity contribution < 1.29 is 14.6 Å². The van der Waals surface area contributed by atoms with Crippen LogP contribution in [0.5, 0.6) is 0 Å². The number of nitro groups is 1. The van der Waals surface area contributed by atoms with Crippen molar-refractivity contribution in [1.29, 1.82) is 0 Å². The summed E-state index contributed by atoms with van der Waals surface area (Å²) in [6.45, 7) is 1.56. The first-order valence-electron chi connectivity index (χ1n) is 6.11. The normalized spacial score (nSPS) is 17.8. The van der Waals surface area contributed by atoms with Gasteiger partial charge in [0.25, 0.3) is 5.69 Å². The summed E-state index contributed by atoms with van der Waals surface area (Å²) >= 11 is 0. The molecule has 0 aliphatic carbocycles. The Morgan fingerprint density at radius 3 is 2.45 bits per heavy atom. The van der Waals surface area contributed by atoms with Gasteiger partial charge in [-0.05, 0) is 12.1 Å². The first-order chi connectivity index (χ1) is 9.65. The maximum absolute atomic E-state index is 11.5. The molecule has 2 fully saturated rings. The number of hydrogen-bond acceptors (Lipinski definition) is 7. The van der Waals surface area contributed by atoms with Crippen molar-refractivity contribution in [3.05, 3.63) is 45.9 Å². The minimum atomic E-state index is -0.473. The number of rotatable bonds is 2. The third-order valence-corrected chi connectivity index (χ3v) is 3.06. The quantitative estimate of drug-likeness (QED) is 0.604. The van der Waals surface area contributed by atoms with Gasteiger partial charge in [-0.25, -0.2) is 4.79 Å². The highest BCUT2D eigenvalue weighted by atomic mass is 16.7. The van der Waals surface area contributed by atoms with Crippen LogP contribution < -0.4 is 15.7 Å². The number of hydroxylamine groups is 1. The van der Waals surface area contributed by atoms with Gasteiger partial charge in [-0.2, -0.15) is 5.06 Å². The zero-order chi connectivity index (χ0) is 14.1. The standard InChI is InChI=1S/C12H12N4O4/c17-11-7-10(12-13-5-6-14-12)15(20-11)8-1-3-9(4-2-8)16(18)19/h1-4,13-14H,5-7H2. The van der Waals surface area contributed by atoms with Gasteiger partial charge < -0.3 is 15.5 Å². The molecular formula is C12H12N4O4. The van der Waals surface area contributed by atoms with Gasteiger partial charge in [-0.15, -0.1) is 0 Å². The third kappa shape index (κ3) is 2.11. The Morgan fingerprint density at radius 1 is 1.20 bits per heavy atom. The lowest BCUT2D eigenvalue weighted by atomic mass is 10.2. The minimum Gasteiger partial charge on any atom is -0.369 e. The van der Waals surface area contributed by atoms with Gasteiger partial charge in [0.2, 0.25) is 0 Å². The Balaban J connectivity index is 1.93. The van der Waals surface area contributed by atoms with E-state index in [2.05, 4.69) is 10.6 Å². The third-order valence-electron chi connectivity index (χ3n) is 3.06. The summed E-state index contributed by atoms with van der Waals surface area (Å²) < 4.78 is 0. The molecule has 1 aromatic carbocycles. The van der Waals surface area contributed by atoms with Gasteiger partial charge in [-0.3, -0.25) is 10.1 Å². The van der Waals surface area contributed by atoms with E-state index >= 15 is 0 Å². The second kappa shape index (κ2) is 4.72. The summed E-state index contributed by atoms with van der Waals surface area (Å²) in [5.74, 6) is 0.399. The maximum Gasteiger partial charge on any atom is 0.339 e. The summed E-state index contributed by atoms with van der Waals surface area (Å²) in [6.07, 6.45) is 0.159. The molecule has 1 aromatic rings. The highest BCUT2D eigenvalue weighted by Crippen LogP contribution is 2.30. The number of nitrogens with zero attached hydrogens (tertiary/aromatic N) is 2. The molecule has 2 saturated heterocycles. The van der Waals surface area contributed by atoms with E-state index in [0.29, 0.717) is 11.4 Å². The van der Waals surface area contributed by atoms with Crippen molar-refractivity contribution in [3.8, 4) is 0 Å². The average molecular weight is 276 g/mol. The number of nitro benzene ring substituents is 1. The first-order valence-corrected chi connectivity index (χ1v) is 6.11. The second-order valence-corrected chi connectivity index (χ2v) is 4.38.